The largest absolute Gasteiger partial charge is 0.481 e. The molecule has 0 radical (unpaired) electrons. The maximum Gasteiger partial charge on any atom is 0.311 e. The van der Waals surface area contributed by atoms with Crippen LogP contribution >= 0.6 is 0 Å². The van der Waals surface area contributed by atoms with Crippen LogP contribution < -0.4 is 5.43 Å². The SMILES string of the molecule is Cc1cc(=O)cc(C)n1CC1(C(=O)O)CCOCC1. The number of ether oxygens (including phenoxy) is 1. The van der Waals surface area contributed by atoms with Crippen molar-refractivity contribution in [2.24, 2.45) is 5.41 Å². The zero-order valence-electron chi connectivity index (χ0n) is 11.3. The molecule has 1 aliphatic heterocycles. The highest BCUT2D eigenvalue weighted by Gasteiger charge is 2.40. The lowest BCUT2D eigenvalue weighted by atomic mass is 9.80. The van der Waals surface area contributed by atoms with E-state index in [2.05, 4.69) is 0 Å². The Morgan fingerprint density at radius 2 is 1.84 bits per heavy atom. The minimum Gasteiger partial charge on any atom is -0.481 e. The average molecular weight is 265 g/mol. The molecule has 5 nitrogen and oxygen atoms in total. The van der Waals surface area contributed by atoms with Crippen LogP contribution in [0.25, 0.3) is 0 Å². The molecule has 2 rings (SSSR count). The van der Waals surface area contributed by atoms with E-state index in [0.717, 1.165) is 11.4 Å². The molecule has 19 heavy (non-hydrogen) atoms. The van der Waals surface area contributed by atoms with Crippen LogP contribution in [-0.2, 0) is 16.1 Å². The van der Waals surface area contributed by atoms with Gasteiger partial charge in [-0.25, -0.2) is 0 Å². The van der Waals surface area contributed by atoms with Crippen molar-refractivity contribution in [3.8, 4) is 0 Å². The maximum absolute atomic E-state index is 11.6. The Morgan fingerprint density at radius 1 is 1.32 bits per heavy atom. The molecule has 1 aliphatic rings. The summed E-state index contributed by atoms with van der Waals surface area (Å²) in [4.78, 5) is 23.1. The van der Waals surface area contributed by atoms with Crippen molar-refractivity contribution < 1.29 is 14.6 Å². The smallest absolute Gasteiger partial charge is 0.311 e. The molecule has 1 aromatic rings. The first kappa shape index (κ1) is 13.8. The molecule has 0 bridgehead atoms. The molecule has 1 aromatic heterocycles. The number of carbonyl (C=O) groups is 1. The van der Waals surface area contributed by atoms with Crippen molar-refractivity contribution in [1.82, 2.24) is 4.57 Å². The second-order valence-electron chi connectivity index (χ2n) is 5.26. The normalized spacial score (nSPS) is 18.2. The van der Waals surface area contributed by atoms with E-state index in [-0.39, 0.29) is 5.43 Å². The van der Waals surface area contributed by atoms with Crippen molar-refractivity contribution in [2.45, 2.75) is 33.2 Å². The van der Waals surface area contributed by atoms with Gasteiger partial charge in [0.25, 0.3) is 0 Å². The van der Waals surface area contributed by atoms with E-state index in [4.69, 9.17) is 4.74 Å². The summed E-state index contributed by atoms with van der Waals surface area (Å²) in [6.45, 7) is 5.02. The fourth-order valence-corrected chi connectivity index (χ4v) is 2.64. The second kappa shape index (κ2) is 5.17. The molecule has 0 aromatic carbocycles. The van der Waals surface area contributed by atoms with Gasteiger partial charge in [-0.15, -0.1) is 0 Å². The fraction of sp³-hybridized carbons (Fsp3) is 0.571. The molecule has 0 aliphatic carbocycles. The number of aliphatic carboxylic acids is 1. The van der Waals surface area contributed by atoms with Crippen molar-refractivity contribution in [3.05, 3.63) is 33.7 Å². The highest BCUT2D eigenvalue weighted by molar-refractivity contribution is 5.74. The standard InChI is InChI=1S/C14H19NO4/c1-10-7-12(16)8-11(2)15(10)9-14(13(17)18)3-5-19-6-4-14/h7-8H,3-6,9H2,1-2H3,(H,17,18). The van der Waals surface area contributed by atoms with E-state index in [1.807, 2.05) is 18.4 Å². The number of rotatable bonds is 3. The molecular weight excluding hydrogens is 246 g/mol. The third kappa shape index (κ3) is 2.71. The van der Waals surface area contributed by atoms with Crippen molar-refractivity contribution in [3.63, 3.8) is 0 Å². The molecule has 0 unspecified atom stereocenters. The Bertz CT molecular complexity index is 515. The molecule has 0 spiro atoms. The van der Waals surface area contributed by atoms with Crippen molar-refractivity contribution in [2.75, 3.05) is 13.2 Å². The third-order valence-corrected chi connectivity index (χ3v) is 3.92. The topological polar surface area (TPSA) is 68.5 Å². The van der Waals surface area contributed by atoms with E-state index >= 15 is 0 Å². The number of carboxylic acid groups (broad SMARTS) is 1. The Hall–Kier alpha value is -1.62. The van der Waals surface area contributed by atoms with Gasteiger partial charge in [0, 0.05) is 43.3 Å². The number of hydrogen-bond donors (Lipinski definition) is 1. The molecule has 0 saturated carbocycles. The van der Waals surface area contributed by atoms with Crippen LogP contribution in [0.3, 0.4) is 0 Å². The minimum atomic E-state index is -0.789. The van der Waals surface area contributed by atoms with Crippen LogP contribution in [-0.4, -0.2) is 28.9 Å². The van der Waals surface area contributed by atoms with E-state index in [0.29, 0.717) is 32.6 Å². The number of nitrogens with zero attached hydrogens (tertiary/aromatic N) is 1. The summed E-state index contributed by atoms with van der Waals surface area (Å²) in [5.74, 6) is -0.784. The molecule has 0 atom stereocenters. The Balaban J connectivity index is 2.37. The fourth-order valence-electron chi connectivity index (χ4n) is 2.64. The molecule has 5 heteroatoms. The van der Waals surface area contributed by atoms with Gasteiger partial charge in [0.05, 0.1) is 5.41 Å². The van der Waals surface area contributed by atoms with Gasteiger partial charge in [0.1, 0.15) is 0 Å². The zero-order valence-corrected chi connectivity index (χ0v) is 11.3. The summed E-state index contributed by atoms with van der Waals surface area (Å²) in [5, 5.41) is 9.56. The van der Waals surface area contributed by atoms with Crippen LogP contribution in [0.15, 0.2) is 16.9 Å². The van der Waals surface area contributed by atoms with E-state index in [1.54, 1.807) is 12.1 Å². The number of aromatic nitrogens is 1. The van der Waals surface area contributed by atoms with Crippen LogP contribution in [0.1, 0.15) is 24.2 Å². The first-order chi connectivity index (χ1) is 8.94. The second-order valence-corrected chi connectivity index (χ2v) is 5.26. The lowest BCUT2D eigenvalue weighted by Crippen LogP contribution is -2.41. The Morgan fingerprint density at radius 3 is 2.32 bits per heavy atom. The van der Waals surface area contributed by atoms with Crippen LogP contribution in [0.5, 0.6) is 0 Å². The first-order valence-corrected chi connectivity index (χ1v) is 6.44. The molecule has 104 valence electrons. The monoisotopic (exact) mass is 265 g/mol. The summed E-state index contributed by atoms with van der Waals surface area (Å²) >= 11 is 0. The minimum absolute atomic E-state index is 0.0393. The summed E-state index contributed by atoms with van der Waals surface area (Å²) in [7, 11) is 0. The molecule has 1 N–H and O–H groups in total. The van der Waals surface area contributed by atoms with Crippen LogP contribution in [0.4, 0.5) is 0 Å². The lowest BCUT2D eigenvalue weighted by molar-refractivity contribution is -0.156. The molecule has 1 fully saturated rings. The van der Waals surface area contributed by atoms with Crippen LogP contribution in [0, 0.1) is 19.3 Å². The van der Waals surface area contributed by atoms with Gasteiger partial charge in [-0.1, -0.05) is 0 Å². The summed E-state index contributed by atoms with van der Waals surface area (Å²) in [5.41, 5.74) is 0.778. The quantitative estimate of drug-likeness (QED) is 0.895. The van der Waals surface area contributed by atoms with Crippen molar-refractivity contribution >= 4 is 5.97 Å². The van der Waals surface area contributed by atoms with Gasteiger partial charge in [-0.2, -0.15) is 0 Å². The van der Waals surface area contributed by atoms with Gasteiger partial charge in [-0.3, -0.25) is 9.59 Å². The van der Waals surface area contributed by atoms with Gasteiger partial charge in [0.15, 0.2) is 5.43 Å². The van der Waals surface area contributed by atoms with E-state index in [1.165, 1.54) is 0 Å². The van der Waals surface area contributed by atoms with Gasteiger partial charge >= 0.3 is 5.97 Å². The van der Waals surface area contributed by atoms with Gasteiger partial charge < -0.3 is 14.4 Å². The Labute approximate surface area is 111 Å². The van der Waals surface area contributed by atoms with E-state index in [9.17, 15) is 14.7 Å². The van der Waals surface area contributed by atoms with Crippen LogP contribution in [0.2, 0.25) is 0 Å². The Kier molecular flexibility index (Phi) is 3.75. The number of carboxylic acids is 1. The third-order valence-electron chi connectivity index (χ3n) is 3.92. The van der Waals surface area contributed by atoms with E-state index < -0.39 is 11.4 Å². The lowest BCUT2D eigenvalue weighted by Gasteiger charge is -2.35. The number of hydrogen-bond acceptors (Lipinski definition) is 3. The summed E-state index contributed by atoms with van der Waals surface area (Å²) in [6, 6.07) is 3.09. The van der Waals surface area contributed by atoms with Gasteiger partial charge in [0.2, 0.25) is 0 Å². The predicted molar refractivity (Wildman–Crippen MR) is 70.3 cm³/mol. The molecular formula is C14H19NO4. The highest BCUT2D eigenvalue weighted by atomic mass is 16.5. The van der Waals surface area contributed by atoms with Crippen molar-refractivity contribution in [1.29, 1.82) is 0 Å². The summed E-state index contributed by atoms with van der Waals surface area (Å²) < 4.78 is 7.19. The number of pyridine rings is 1. The zero-order chi connectivity index (χ0) is 14.0. The van der Waals surface area contributed by atoms with Gasteiger partial charge in [-0.05, 0) is 26.7 Å². The molecule has 2 heterocycles. The summed E-state index contributed by atoms with van der Waals surface area (Å²) in [6.07, 6.45) is 1.01. The maximum atomic E-state index is 11.6. The molecule has 0 amide bonds. The number of aryl methyl sites for hydroxylation is 2. The average Bonchev–Trinajstić information content (AvgIpc) is 2.35. The predicted octanol–water partition coefficient (Wildman–Crippen LogP) is 1.35. The highest BCUT2D eigenvalue weighted by Crippen LogP contribution is 2.33. The first-order valence-electron chi connectivity index (χ1n) is 6.44. The molecule has 1 saturated heterocycles.